The summed E-state index contributed by atoms with van der Waals surface area (Å²) in [5.41, 5.74) is 1.08. The molecule has 6 heteroatoms. The van der Waals surface area contributed by atoms with Crippen molar-refractivity contribution in [2.75, 3.05) is 0 Å². The fraction of sp³-hybridized carbons (Fsp3) is 0.364. The van der Waals surface area contributed by atoms with E-state index in [1.165, 1.54) is 11.3 Å². The number of hydrogen-bond acceptors (Lipinski definition) is 5. The first-order valence-corrected chi connectivity index (χ1v) is 7.04. The average Bonchev–Trinajstić information content (AvgIpc) is 2.97. The second kappa shape index (κ2) is 5.37. The predicted octanol–water partition coefficient (Wildman–Crippen LogP) is 2.65. The fourth-order valence-electron chi connectivity index (χ4n) is 1.24. The highest BCUT2D eigenvalue weighted by Gasteiger charge is 2.10. The molecular weight excluding hydrogens is 254 g/mol. The number of carbonyl (C=O) groups excluding carboxylic acids is 1. The summed E-state index contributed by atoms with van der Waals surface area (Å²) in [5.74, 6) is 0.288. The Kier molecular flexibility index (Phi) is 3.86. The van der Waals surface area contributed by atoms with Gasteiger partial charge in [0.2, 0.25) is 0 Å². The van der Waals surface area contributed by atoms with Gasteiger partial charge < -0.3 is 5.32 Å². The molecule has 2 aromatic heterocycles. The highest BCUT2D eigenvalue weighted by atomic mass is 32.1. The molecule has 0 fully saturated rings. The summed E-state index contributed by atoms with van der Waals surface area (Å²) in [6.45, 7) is 4.68. The number of nitrogens with one attached hydrogen (secondary N) is 1. The molecule has 0 saturated carbocycles. The maximum absolute atomic E-state index is 11.6. The third-order valence-electron chi connectivity index (χ3n) is 2.19. The van der Waals surface area contributed by atoms with Gasteiger partial charge in [0.05, 0.1) is 12.2 Å². The van der Waals surface area contributed by atoms with E-state index in [1.807, 2.05) is 5.38 Å². The Hall–Kier alpha value is -1.27. The van der Waals surface area contributed by atoms with Gasteiger partial charge in [-0.3, -0.25) is 4.79 Å². The monoisotopic (exact) mass is 267 g/mol. The molecule has 0 bridgehead atoms. The molecule has 0 aliphatic carbocycles. The lowest BCUT2D eigenvalue weighted by Crippen LogP contribution is -2.22. The first-order chi connectivity index (χ1) is 8.16. The van der Waals surface area contributed by atoms with Gasteiger partial charge in [-0.05, 0) is 5.92 Å². The smallest absolute Gasteiger partial charge is 0.280 e. The van der Waals surface area contributed by atoms with Crippen molar-refractivity contribution < 1.29 is 4.79 Å². The van der Waals surface area contributed by atoms with Gasteiger partial charge >= 0.3 is 0 Å². The summed E-state index contributed by atoms with van der Waals surface area (Å²) in [4.78, 5) is 20.0. The molecule has 1 amide bonds. The van der Waals surface area contributed by atoms with Crippen LogP contribution in [0.2, 0.25) is 0 Å². The van der Waals surface area contributed by atoms with E-state index in [1.54, 1.807) is 22.9 Å². The van der Waals surface area contributed by atoms with Crippen molar-refractivity contribution in [1.29, 1.82) is 0 Å². The van der Waals surface area contributed by atoms with E-state index in [-0.39, 0.29) is 5.91 Å². The zero-order chi connectivity index (χ0) is 12.3. The van der Waals surface area contributed by atoms with Crippen molar-refractivity contribution in [3.63, 3.8) is 0 Å². The number of rotatable bonds is 4. The number of aromatic nitrogens is 2. The quantitative estimate of drug-likeness (QED) is 0.926. The molecule has 1 N–H and O–H groups in total. The zero-order valence-corrected chi connectivity index (χ0v) is 11.3. The molecule has 0 aliphatic rings. The molecular formula is C11H13N3OS2. The maximum atomic E-state index is 11.6. The fourth-order valence-corrected chi connectivity index (χ4v) is 2.69. The van der Waals surface area contributed by atoms with E-state index in [0.29, 0.717) is 17.5 Å². The Balaban J connectivity index is 1.91. The molecule has 0 spiro atoms. The van der Waals surface area contributed by atoms with E-state index in [9.17, 15) is 4.79 Å². The van der Waals surface area contributed by atoms with Gasteiger partial charge in [-0.2, -0.15) is 0 Å². The Morgan fingerprint density at radius 2 is 2.29 bits per heavy atom. The molecule has 2 aromatic rings. The van der Waals surface area contributed by atoms with E-state index >= 15 is 0 Å². The summed E-state index contributed by atoms with van der Waals surface area (Å²) in [7, 11) is 0. The molecule has 0 atom stereocenters. The summed E-state index contributed by atoms with van der Waals surface area (Å²) in [6.07, 6.45) is 1.62. The van der Waals surface area contributed by atoms with Crippen LogP contribution in [0.4, 0.5) is 0 Å². The van der Waals surface area contributed by atoms with Crippen LogP contribution in [0.3, 0.4) is 0 Å². The predicted molar refractivity (Wildman–Crippen MR) is 69.5 cm³/mol. The third kappa shape index (κ3) is 3.10. The molecule has 17 heavy (non-hydrogen) atoms. The maximum Gasteiger partial charge on any atom is 0.280 e. The Morgan fingerprint density at radius 3 is 2.88 bits per heavy atom. The van der Waals surface area contributed by atoms with Crippen LogP contribution < -0.4 is 5.32 Å². The summed E-state index contributed by atoms with van der Waals surface area (Å²) in [5, 5.41) is 8.06. The van der Waals surface area contributed by atoms with E-state index in [4.69, 9.17) is 0 Å². The molecule has 2 heterocycles. The minimum Gasteiger partial charge on any atom is -0.343 e. The second-order valence-electron chi connectivity index (χ2n) is 3.84. The van der Waals surface area contributed by atoms with Crippen molar-refractivity contribution in [3.8, 4) is 0 Å². The topological polar surface area (TPSA) is 54.9 Å². The van der Waals surface area contributed by atoms with E-state index in [0.717, 1.165) is 10.7 Å². The average molecular weight is 267 g/mol. The first kappa shape index (κ1) is 12.2. The Morgan fingerprint density at radius 1 is 1.47 bits per heavy atom. The highest BCUT2D eigenvalue weighted by Crippen LogP contribution is 2.17. The van der Waals surface area contributed by atoms with E-state index < -0.39 is 0 Å². The molecule has 0 radical (unpaired) electrons. The van der Waals surface area contributed by atoms with Crippen LogP contribution in [0.25, 0.3) is 0 Å². The van der Waals surface area contributed by atoms with Crippen molar-refractivity contribution in [2.24, 2.45) is 0 Å². The lowest BCUT2D eigenvalue weighted by Gasteiger charge is -2.00. The molecule has 0 saturated heterocycles. The number of carbonyl (C=O) groups is 1. The summed E-state index contributed by atoms with van der Waals surface area (Å²) in [6, 6.07) is 0. The SMILES string of the molecule is CC(C)c1csc(CNC(=O)c2nccs2)n1. The van der Waals surface area contributed by atoms with Gasteiger partial charge in [-0.15, -0.1) is 22.7 Å². The number of thiazole rings is 2. The third-order valence-corrected chi connectivity index (χ3v) is 3.83. The van der Waals surface area contributed by atoms with Gasteiger partial charge in [0.1, 0.15) is 5.01 Å². The van der Waals surface area contributed by atoms with Gasteiger partial charge in [-0.1, -0.05) is 13.8 Å². The van der Waals surface area contributed by atoms with Gasteiger partial charge in [-0.25, -0.2) is 9.97 Å². The minimum atomic E-state index is -0.138. The lowest BCUT2D eigenvalue weighted by atomic mass is 10.2. The zero-order valence-electron chi connectivity index (χ0n) is 9.64. The van der Waals surface area contributed by atoms with Gasteiger partial charge in [0, 0.05) is 17.0 Å². The van der Waals surface area contributed by atoms with Crippen LogP contribution >= 0.6 is 22.7 Å². The number of nitrogens with zero attached hydrogens (tertiary/aromatic N) is 2. The standard InChI is InChI=1S/C11H13N3OS2/c1-7(2)8-6-17-9(14-8)5-13-10(15)11-12-3-4-16-11/h3-4,6-7H,5H2,1-2H3,(H,13,15). The normalized spacial score (nSPS) is 10.8. The summed E-state index contributed by atoms with van der Waals surface area (Å²) < 4.78 is 0. The molecule has 2 rings (SSSR count). The molecule has 90 valence electrons. The molecule has 0 unspecified atom stereocenters. The highest BCUT2D eigenvalue weighted by molar-refractivity contribution is 7.11. The van der Waals surface area contributed by atoms with Crippen LogP contribution in [0, 0.1) is 0 Å². The first-order valence-electron chi connectivity index (χ1n) is 5.29. The number of hydrogen-bond donors (Lipinski definition) is 1. The Bertz CT molecular complexity index is 491. The van der Waals surface area contributed by atoms with Gasteiger partial charge in [0.25, 0.3) is 5.91 Å². The molecule has 4 nitrogen and oxygen atoms in total. The van der Waals surface area contributed by atoms with Crippen LogP contribution in [0.5, 0.6) is 0 Å². The minimum absolute atomic E-state index is 0.138. The Labute approximate surface area is 108 Å². The van der Waals surface area contributed by atoms with Crippen molar-refractivity contribution in [3.05, 3.63) is 32.7 Å². The largest absolute Gasteiger partial charge is 0.343 e. The van der Waals surface area contributed by atoms with Crippen LogP contribution in [0.1, 0.15) is 40.3 Å². The van der Waals surface area contributed by atoms with Crippen LogP contribution in [-0.2, 0) is 6.54 Å². The molecule has 0 aromatic carbocycles. The number of amides is 1. The van der Waals surface area contributed by atoms with Crippen molar-refractivity contribution in [2.45, 2.75) is 26.3 Å². The molecule has 0 aliphatic heterocycles. The summed E-state index contributed by atoms with van der Waals surface area (Å²) >= 11 is 2.91. The van der Waals surface area contributed by atoms with Crippen molar-refractivity contribution >= 4 is 28.6 Å². The van der Waals surface area contributed by atoms with E-state index in [2.05, 4.69) is 29.1 Å². The van der Waals surface area contributed by atoms with Crippen LogP contribution in [-0.4, -0.2) is 15.9 Å². The van der Waals surface area contributed by atoms with Gasteiger partial charge in [0.15, 0.2) is 5.01 Å². The van der Waals surface area contributed by atoms with Crippen LogP contribution in [0.15, 0.2) is 17.0 Å². The van der Waals surface area contributed by atoms with Crippen molar-refractivity contribution in [1.82, 2.24) is 15.3 Å². The second-order valence-corrected chi connectivity index (χ2v) is 5.68. The lowest BCUT2D eigenvalue weighted by molar-refractivity contribution is 0.0950.